The predicted molar refractivity (Wildman–Crippen MR) is 114 cm³/mol. The van der Waals surface area contributed by atoms with Crippen LogP contribution in [-0.2, 0) is 5.41 Å². The van der Waals surface area contributed by atoms with Crippen LogP contribution in [0.25, 0.3) is 38.9 Å². The lowest BCUT2D eigenvalue weighted by atomic mass is 9.80. The fourth-order valence-corrected chi connectivity index (χ4v) is 4.95. The van der Waals surface area contributed by atoms with Gasteiger partial charge in [-0.15, -0.1) is 0 Å². The first-order valence-electron chi connectivity index (χ1n) is 9.62. The van der Waals surface area contributed by atoms with Gasteiger partial charge < -0.3 is 0 Å². The summed E-state index contributed by atoms with van der Waals surface area (Å²) in [6.45, 7) is 4.67. The summed E-state index contributed by atoms with van der Waals surface area (Å²) in [6, 6.07) is 23.7. The molecule has 0 aliphatic heterocycles. The van der Waals surface area contributed by atoms with Crippen molar-refractivity contribution < 1.29 is 0 Å². The van der Waals surface area contributed by atoms with Gasteiger partial charge in [-0.05, 0) is 40.5 Å². The fourth-order valence-electron chi connectivity index (χ4n) is 4.95. The van der Waals surface area contributed by atoms with E-state index in [2.05, 4.69) is 89.0 Å². The number of rotatable bonds is 1. The summed E-state index contributed by atoms with van der Waals surface area (Å²) in [5.74, 6) is 0.710. The quantitative estimate of drug-likeness (QED) is 0.373. The van der Waals surface area contributed by atoms with Crippen LogP contribution < -0.4 is 0 Å². The Morgan fingerprint density at radius 1 is 0.714 bits per heavy atom. The average Bonchev–Trinajstić information content (AvgIpc) is 3.19. The van der Waals surface area contributed by atoms with Crippen LogP contribution in [0.4, 0.5) is 0 Å². The average molecular weight is 361 g/mol. The Bertz CT molecular complexity index is 1380. The Morgan fingerprint density at radius 3 is 2.32 bits per heavy atom. The van der Waals surface area contributed by atoms with E-state index in [9.17, 15) is 0 Å². The van der Waals surface area contributed by atoms with E-state index in [0.29, 0.717) is 5.95 Å². The second kappa shape index (κ2) is 5.29. The molecule has 3 aromatic carbocycles. The van der Waals surface area contributed by atoms with E-state index in [1.807, 2.05) is 6.07 Å². The first-order valence-corrected chi connectivity index (χ1v) is 9.62. The van der Waals surface area contributed by atoms with Gasteiger partial charge >= 0.3 is 0 Å². The largest absolute Gasteiger partial charge is 0.278 e. The SMILES string of the molecule is CC1(C)c2ccccc2-c2ccc3c(c21)c1ccccc1n3-c1ncccn1. The van der Waals surface area contributed by atoms with E-state index in [-0.39, 0.29) is 5.41 Å². The summed E-state index contributed by atoms with van der Waals surface area (Å²) in [4.78, 5) is 9.09. The van der Waals surface area contributed by atoms with Crippen molar-refractivity contribution in [3.63, 3.8) is 0 Å². The van der Waals surface area contributed by atoms with Gasteiger partial charge in [0.1, 0.15) is 0 Å². The summed E-state index contributed by atoms with van der Waals surface area (Å²) in [5.41, 5.74) is 7.72. The highest BCUT2D eigenvalue weighted by molar-refractivity contribution is 6.14. The van der Waals surface area contributed by atoms with Gasteiger partial charge in [-0.3, -0.25) is 4.57 Å². The van der Waals surface area contributed by atoms with Crippen LogP contribution in [-0.4, -0.2) is 14.5 Å². The smallest absolute Gasteiger partial charge is 0.234 e. The molecule has 0 N–H and O–H groups in total. The molecule has 0 saturated heterocycles. The first kappa shape index (κ1) is 15.6. The Morgan fingerprint density at radius 2 is 1.46 bits per heavy atom. The molecule has 0 spiro atoms. The van der Waals surface area contributed by atoms with Crippen LogP contribution >= 0.6 is 0 Å². The van der Waals surface area contributed by atoms with Crippen molar-refractivity contribution in [2.75, 3.05) is 0 Å². The minimum Gasteiger partial charge on any atom is -0.278 e. The summed E-state index contributed by atoms with van der Waals surface area (Å²) >= 11 is 0. The van der Waals surface area contributed by atoms with Crippen molar-refractivity contribution in [1.29, 1.82) is 0 Å². The number of nitrogens with zero attached hydrogens (tertiary/aromatic N) is 3. The Hall–Kier alpha value is -3.46. The number of hydrogen-bond donors (Lipinski definition) is 0. The van der Waals surface area contributed by atoms with E-state index in [4.69, 9.17) is 0 Å². The van der Waals surface area contributed by atoms with Gasteiger partial charge in [0, 0.05) is 28.6 Å². The maximum atomic E-state index is 4.54. The summed E-state index contributed by atoms with van der Waals surface area (Å²) in [5, 5.41) is 2.56. The van der Waals surface area contributed by atoms with Gasteiger partial charge in [0.25, 0.3) is 0 Å². The molecule has 6 rings (SSSR count). The molecule has 3 heteroatoms. The molecule has 134 valence electrons. The second-order valence-electron chi connectivity index (χ2n) is 7.95. The highest BCUT2D eigenvalue weighted by atomic mass is 15.1. The molecule has 2 aromatic heterocycles. The molecular formula is C25H19N3. The van der Waals surface area contributed by atoms with Crippen LogP contribution in [0.1, 0.15) is 25.0 Å². The zero-order chi connectivity index (χ0) is 18.9. The molecular weight excluding hydrogens is 342 g/mol. The molecule has 1 aliphatic carbocycles. The van der Waals surface area contributed by atoms with Crippen molar-refractivity contribution in [3.8, 4) is 17.1 Å². The van der Waals surface area contributed by atoms with Gasteiger partial charge in [-0.1, -0.05) is 62.4 Å². The van der Waals surface area contributed by atoms with Crippen LogP contribution in [0.15, 0.2) is 79.1 Å². The van der Waals surface area contributed by atoms with Gasteiger partial charge in [-0.2, -0.15) is 0 Å². The minimum atomic E-state index is -0.0576. The van der Waals surface area contributed by atoms with Crippen molar-refractivity contribution in [3.05, 3.63) is 90.3 Å². The van der Waals surface area contributed by atoms with Crippen molar-refractivity contribution in [2.24, 2.45) is 0 Å². The van der Waals surface area contributed by atoms with Crippen molar-refractivity contribution in [2.45, 2.75) is 19.3 Å². The van der Waals surface area contributed by atoms with Crippen LogP contribution in [0.5, 0.6) is 0 Å². The summed E-state index contributed by atoms with van der Waals surface area (Å²) < 4.78 is 2.18. The third-order valence-electron chi connectivity index (χ3n) is 6.11. The van der Waals surface area contributed by atoms with Gasteiger partial charge in [-0.25, -0.2) is 9.97 Å². The molecule has 3 nitrogen and oxygen atoms in total. The molecule has 0 bridgehead atoms. The highest BCUT2D eigenvalue weighted by Gasteiger charge is 2.37. The molecule has 0 saturated carbocycles. The maximum Gasteiger partial charge on any atom is 0.234 e. The standard InChI is InChI=1S/C25H19N3/c1-25(2)19-10-5-3-8-16(19)17-12-13-21-22(23(17)25)18-9-4-6-11-20(18)28(21)24-26-14-7-15-27-24/h3-15H,1-2H3. The number of para-hydroxylation sites is 1. The lowest BCUT2D eigenvalue weighted by Crippen LogP contribution is -2.15. The molecule has 0 fully saturated rings. The Balaban J connectivity index is 1.83. The van der Waals surface area contributed by atoms with Crippen LogP contribution in [0, 0.1) is 0 Å². The van der Waals surface area contributed by atoms with E-state index >= 15 is 0 Å². The monoisotopic (exact) mass is 361 g/mol. The van der Waals surface area contributed by atoms with Gasteiger partial charge in [0.05, 0.1) is 11.0 Å². The topological polar surface area (TPSA) is 30.7 Å². The molecule has 1 aliphatic rings. The molecule has 0 radical (unpaired) electrons. The minimum absolute atomic E-state index is 0.0576. The lowest BCUT2D eigenvalue weighted by molar-refractivity contribution is 0.666. The fraction of sp³-hybridized carbons (Fsp3) is 0.120. The van der Waals surface area contributed by atoms with Crippen LogP contribution in [0.3, 0.4) is 0 Å². The maximum absolute atomic E-state index is 4.54. The number of benzene rings is 3. The molecule has 28 heavy (non-hydrogen) atoms. The zero-order valence-corrected chi connectivity index (χ0v) is 15.8. The summed E-state index contributed by atoms with van der Waals surface area (Å²) in [7, 11) is 0. The molecule has 5 aromatic rings. The molecule has 0 amide bonds. The third-order valence-corrected chi connectivity index (χ3v) is 6.11. The van der Waals surface area contributed by atoms with Crippen molar-refractivity contribution >= 4 is 21.8 Å². The van der Waals surface area contributed by atoms with Gasteiger partial charge in [0.15, 0.2) is 0 Å². The Labute approximate surface area is 163 Å². The third kappa shape index (κ3) is 1.83. The summed E-state index contributed by atoms with van der Waals surface area (Å²) in [6.07, 6.45) is 3.60. The van der Waals surface area contributed by atoms with Crippen LogP contribution in [0.2, 0.25) is 0 Å². The normalized spacial score (nSPS) is 14.4. The number of aromatic nitrogens is 3. The zero-order valence-electron chi connectivity index (χ0n) is 15.8. The van der Waals surface area contributed by atoms with Crippen molar-refractivity contribution in [1.82, 2.24) is 14.5 Å². The van der Waals surface area contributed by atoms with E-state index in [1.54, 1.807) is 12.4 Å². The van der Waals surface area contributed by atoms with E-state index in [0.717, 1.165) is 11.0 Å². The van der Waals surface area contributed by atoms with Gasteiger partial charge in [0.2, 0.25) is 5.95 Å². The lowest BCUT2D eigenvalue weighted by Gasteiger charge is -2.22. The highest BCUT2D eigenvalue weighted by Crippen LogP contribution is 2.52. The van der Waals surface area contributed by atoms with E-state index < -0.39 is 0 Å². The molecule has 0 unspecified atom stereocenters. The Kier molecular flexibility index (Phi) is 2.95. The predicted octanol–water partition coefficient (Wildman–Crippen LogP) is 5.88. The molecule has 2 heterocycles. The van der Waals surface area contributed by atoms with E-state index in [1.165, 1.54) is 33.0 Å². The number of fused-ring (bicyclic) bond motifs is 7. The number of hydrogen-bond acceptors (Lipinski definition) is 2. The second-order valence-corrected chi connectivity index (χ2v) is 7.95. The first-order chi connectivity index (χ1) is 13.7. The molecule has 0 atom stereocenters.